The predicted octanol–water partition coefficient (Wildman–Crippen LogP) is 6.78. The minimum absolute atomic E-state index is 0.180. The van der Waals surface area contributed by atoms with E-state index in [-0.39, 0.29) is 24.5 Å². The highest BCUT2D eigenvalue weighted by Crippen LogP contribution is 2.33. The summed E-state index contributed by atoms with van der Waals surface area (Å²) in [6, 6.07) is 24.5. The van der Waals surface area contributed by atoms with Gasteiger partial charge in [0.05, 0.1) is 36.8 Å². The Kier molecular flexibility index (Phi) is 12.4. The van der Waals surface area contributed by atoms with Crippen LogP contribution in [0.3, 0.4) is 0 Å². The fourth-order valence-electron chi connectivity index (χ4n) is 5.39. The number of hydrogen-bond acceptors (Lipinski definition) is 8. The molecular weight excluding hydrogens is 646 g/mol. The average molecular weight is 694 g/mol. The van der Waals surface area contributed by atoms with Gasteiger partial charge in [0.1, 0.15) is 24.0 Å². The summed E-state index contributed by atoms with van der Waals surface area (Å²) < 4.78 is 18.4. The summed E-state index contributed by atoms with van der Waals surface area (Å²) in [5.74, 6) is 1.47. The number of methoxy groups -OCH3 is 2. The number of aryl methyl sites for hydroxylation is 1. The normalized spacial score (nSPS) is 11.5. The van der Waals surface area contributed by atoms with Crippen molar-refractivity contribution in [3.8, 4) is 11.4 Å². The molecule has 0 saturated heterocycles. The lowest BCUT2D eigenvalue weighted by Gasteiger charge is -2.20. The standard InChI is InChI=1S/C39H47N7O5/c1-27-11-13-29(14-12-27)46-36(24-34(44-46)39(2,3)4)43-38(48)41-32-15-16-33(31-10-8-7-9-30(31)32)51-26-28-17-18-40-35(23-28)42-37(47)25-45(19-21-49-5)20-22-50-6/h7-18,23-24H,19-22,25-26H2,1-6H3,(H,40,42,47)(H2,41,43,48). The fraction of sp³-hybridized carbons (Fsp3) is 0.333. The fourth-order valence-corrected chi connectivity index (χ4v) is 5.39. The van der Waals surface area contributed by atoms with Crippen molar-refractivity contribution in [2.75, 3.05) is 63.0 Å². The van der Waals surface area contributed by atoms with Crippen molar-refractivity contribution >= 4 is 40.0 Å². The molecule has 3 amide bonds. The molecule has 0 radical (unpaired) electrons. The average Bonchev–Trinajstić information content (AvgIpc) is 3.54. The highest BCUT2D eigenvalue weighted by atomic mass is 16.5. The van der Waals surface area contributed by atoms with E-state index in [0.29, 0.717) is 49.4 Å². The van der Waals surface area contributed by atoms with Gasteiger partial charge in [-0.15, -0.1) is 0 Å². The minimum atomic E-state index is -0.394. The molecule has 12 heteroatoms. The second-order valence-corrected chi connectivity index (χ2v) is 13.3. The maximum atomic E-state index is 13.4. The van der Waals surface area contributed by atoms with E-state index in [0.717, 1.165) is 33.3 Å². The quantitative estimate of drug-likeness (QED) is 0.109. The number of carbonyl (C=O) groups is 2. The van der Waals surface area contributed by atoms with Crippen LogP contribution in [0, 0.1) is 6.92 Å². The molecule has 0 unspecified atom stereocenters. The third-order valence-corrected chi connectivity index (χ3v) is 8.21. The molecule has 0 spiro atoms. The summed E-state index contributed by atoms with van der Waals surface area (Å²) in [7, 11) is 3.26. The van der Waals surface area contributed by atoms with Crippen molar-refractivity contribution in [3.63, 3.8) is 0 Å². The molecule has 268 valence electrons. The summed E-state index contributed by atoms with van der Waals surface area (Å²) >= 11 is 0. The van der Waals surface area contributed by atoms with E-state index < -0.39 is 6.03 Å². The number of urea groups is 1. The van der Waals surface area contributed by atoms with Gasteiger partial charge in [-0.2, -0.15) is 5.10 Å². The maximum absolute atomic E-state index is 13.4. The molecule has 5 aromatic rings. The number of ether oxygens (including phenoxy) is 3. The van der Waals surface area contributed by atoms with Crippen molar-refractivity contribution in [2.45, 2.75) is 39.7 Å². The second kappa shape index (κ2) is 17.1. The highest BCUT2D eigenvalue weighted by Gasteiger charge is 2.22. The zero-order valence-corrected chi connectivity index (χ0v) is 30.2. The molecule has 0 fully saturated rings. The molecule has 3 N–H and O–H groups in total. The van der Waals surface area contributed by atoms with Crippen LogP contribution in [0.4, 0.5) is 22.1 Å². The van der Waals surface area contributed by atoms with Crippen LogP contribution in [-0.4, -0.2) is 78.7 Å². The van der Waals surface area contributed by atoms with E-state index in [1.807, 2.05) is 84.6 Å². The molecule has 0 atom stereocenters. The molecule has 0 aliphatic heterocycles. The number of aromatic nitrogens is 3. The molecule has 5 rings (SSSR count). The van der Waals surface area contributed by atoms with Crippen molar-refractivity contribution < 1.29 is 23.8 Å². The van der Waals surface area contributed by atoms with Crippen LogP contribution < -0.4 is 20.7 Å². The Morgan fingerprint density at radius 3 is 2.24 bits per heavy atom. The SMILES string of the molecule is COCCN(CCOC)CC(=O)Nc1cc(COc2ccc(NC(=O)Nc3cc(C(C)(C)C)nn3-c3ccc(C)cc3)c3ccccc23)ccn1. The number of rotatable bonds is 15. The van der Waals surface area contributed by atoms with Gasteiger partial charge in [-0.1, -0.05) is 62.7 Å². The highest BCUT2D eigenvalue weighted by molar-refractivity contribution is 6.07. The summed E-state index contributed by atoms with van der Waals surface area (Å²) in [4.78, 5) is 32.5. The van der Waals surface area contributed by atoms with Gasteiger partial charge in [0.15, 0.2) is 0 Å². The first-order valence-electron chi connectivity index (χ1n) is 16.9. The zero-order valence-electron chi connectivity index (χ0n) is 30.2. The number of fused-ring (bicyclic) bond motifs is 1. The van der Waals surface area contributed by atoms with E-state index in [4.69, 9.17) is 19.3 Å². The van der Waals surface area contributed by atoms with Crippen molar-refractivity contribution in [2.24, 2.45) is 0 Å². The van der Waals surface area contributed by atoms with Crippen LogP contribution >= 0.6 is 0 Å². The molecule has 0 aliphatic rings. The Morgan fingerprint density at radius 1 is 0.843 bits per heavy atom. The lowest BCUT2D eigenvalue weighted by atomic mass is 9.92. The molecule has 2 aromatic heterocycles. The lowest BCUT2D eigenvalue weighted by molar-refractivity contribution is -0.117. The summed E-state index contributed by atoms with van der Waals surface area (Å²) in [5, 5.41) is 15.4. The molecule has 12 nitrogen and oxygen atoms in total. The first-order chi connectivity index (χ1) is 24.5. The number of carbonyl (C=O) groups excluding carboxylic acids is 2. The number of nitrogens with one attached hydrogen (secondary N) is 3. The third-order valence-electron chi connectivity index (χ3n) is 8.21. The van der Waals surface area contributed by atoms with Gasteiger partial charge in [0.25, 0.3) is 0 Å². The number of amides is 3. The molecule has 51 heavy (non-hydrogen) atoms. The monoisotopic (exact) mass is 693 g/mol. The third kappa shape index (κ3) is 10.1. The second-order valence-electron chi connectivity index (χ2n) is 13.3. The van der Waals surface area contributed by atoms with Crippen molar-refractivity contribution in [1.29, 1.82) is 0 Å². The Morgan fingerprint density at radius 2 is 1.55 bits per heavy atom. The summed E-state index contributed by atoms with van der Waals surface area (Å²) in [6.07, 6.45) is 1.64. The van der Waals surface area contributed by atoms with Gasteiger partial charge in [-0.25, -0.2) is 14.5 Å². The summed E-state index contributed by atoms with van der Waals surface area (Å²) in [5.41, 5.74) is 4.10. The van der Waals surface area contributed by atoms with Crippen LogP contribution in [0.25, 0.3) is 16.5 Å². The van der Waals surface area contributed by atoms with E-state index >= 15 is 0 Å². The predicted molar refractivity (Wildman–Crippen MR) is 201 cm³/mol. The van der Waals surface area contributed by atoms with E-state index in [2.05, 4.69) is 41.7 Å². The molecule has 2 heterocycles. The first-order valence-corrected chi connectivity index (χ1v) is 16.9. The Labute approximate surface area is 299 Å². The maximum Gasteiger partial charge on any atom is 0.324 e. The van der Waals surface area contributed by atoms with Gasteiger partial charge in [0, 0.05) is 55.8 Å². The van der Waals surface area contributed by atoms with Crippen LogP contribution in [-0.2, 0) is 26.3 Å². The van der Waals surface area contributed by atoms with E-state index in [1.165, 1.54) is 0 Å². The Hall–Kier alpha value is -5.30. The van der Waals surface area contributed by atoms with Crippen LogP contribution in [0.1, 0.15) is 37.6 Å². The largest absolute Gasteiger partial charge is 0.488 e. The Bertz CT molecular complexity index is 1930. The first kappa shape index (κ1) is 37.0. The number of anilines is 3. The molecule has 0 aliphatic carbocycles. The smallest absolute Gasteiger partial charge is 0.324 e. The van der Waals surface area contributed by atoms with Gasteiger partial charge < -0.3 is 24.8 Å². The summed E-state index contributed by atoms with van der Waals surface area (Å²) in [6.45, 7) is 11.0. The molecular formula is C39H47N7O5. The van der Waals surface area contributed by atoms with Gasteiger partial charge in [-0.05, 0) is 48.9 Å². The van der Waals surface area contributed by atoms with Crippen LogP contribution in [0.15, 0.2) is 85.1 Å². The van der Waals surface area contributed by atoms with Gasteiger partial charge in [0.2, 0.25) is 5.91 Å². The number of benzene rings is 3. The van der Waals surface area contributed by atoms with Crippen LogP contribution in [0.2, 0.25) is 0 Å². The van der Waals surface area contributed by atoms with Crippen molar-refractivity contribution in [3.05, 3.63) is 102 Å². The Balaban J connectivity index is 1.26. The molecule has 0 bridgehead atoms. The van der Waals surface area contributed by atoms with Crippen LogP contribution in [0.5, 0.6) is 5.75 Å². The molecule has 0 saturated carbocycles. The number of nitrogens with zero attached hydrogens (tertiary/aromatic N) is 4. The number of hydrogen-bond donors (Lipinski definition) is 3. The number of pyridine rings is 1. The van der Waals surface area contributed by atoms with E-state index in [1.54, 1.807) is 31.2 Å². The minimum Gasteiger partial charge on any atom is -0.488 e. The topological polar surface area (TPSA) is 132 Å². The van der Waals surface area contributed by atoms with Gasteiger partial charge >= 0.3 is 6.03 Å². The lowest BCUT2D eigenvalue weighted by Crippen LogP contribution is -2.37. The zero-order chi connectivity index (χ0) is 36.4. The van der Waals surface area contributed by atoms with Gasteiger partial charge in [-0.3, -0.25) is 15.0 Å². The van der Waals surface area contributed by atoms with Crippen molar-refractivity contribution in [1.82, 2.24) is 19.7 Å². The molecule has 3 aromatic carbocycles. The van der Waals surface area contributed by atoms with E-state index in [9.17, 15) is 9.59 Å².